The van der Waals surface area contributed by atoms with Crippen molar-refractivity contribution in [1.82, 2.24) is 4.90 Å². The molecular weight excluding hydrogens is 351 g/mol. The van der Waals surface area contributed by atoms with Crippen LogP contribution < -0.4 is 0 Å². The normalized spacial score (nSPS) is 21.0. The molecule has 1 aromatic rings. The smallest absolute Gasteiger partial charge is 0.406 e. The standard InChI is InChI=1S/C18H22F3NO4/c1-16(2,12-26-10-13-6-4-3-5-7-13)14(23)22-9-8-17(11-22,15(24)25)18(19,20)21/h3-7H,8-12H2,1-2H3,(H,24,25). The number of hydrogen-bond donors (Lipinski definition) is 1. The van der Waals surface area contributed by atoms with Crippen LogP contribution >= 0.6 is 0 Å². The van der Waals surface area contributed by atoms with Crippen LogP contribution in [-0.2, 0) is 20.9 Å². The molecule has 144 valence electrons. The molecule has 26 heavy (non-hydrogen) atoms. The second kappa shape index (κ2) is 7.26. The second-order valence-electron chi connectivity index (χ2n) is 7.22. The van der Waals surface area contributed by atoms with Crippen molar-refractivity contribution in [2.75, 3.05) is 19.7 Å². The Labute approximate surface area is 149 Å². The van der Waals surface area contributed by atoms with Crippen molar-refractivity contribution >= 4 is 11.9 Å². The lowest BCUT2D eigenvalue weighted by atomic mass is 9.86. The van der Waals surface area contributed by atoms with Crippen LogP contribution in [0.2, 0.25) is 0 Å². The van der Waals surface area contributed by atoms with E-state index in [9.17, 15) is 22.8 Å². The molecule has 2 rings (SSSR count). The van der Waals surface area contributed by atoms with E-state index in [-0.39, 0.29) is 19.8 Å². The topological polar surface area (TPSA) is 66.8 Å². The zero-order valence-electron chi connectivity index (χ0n) is 14.7. The first kappa shape index (κ1) is 20.2. The van der Waals surface area contributed by atoms with Crippen LogP contribution in [0.25, 0.3) is 0 Å². The number of nitrogens with zero attached hydrogens (tertiary/aromatic N) is 1. The molecule has 0 aliphatic carbocycles. The third-order valence-corrected chi connectivity index (χ3v) is 4.66. The fraction of sp³-hybridized carbons (Fsp3) is 0.556. The van der Waals surface area contributed by atoms with E-state index in [1.54, 1.807) is 13.8 Å². The van der Waals surface area contributed by atoms with Crippen LogP contribution in [0.3, 0.4) is 0 Å². The highest BCUT2D eigenvalue weighted by Gasteiger charge is 2.64. The SMILES string of the molecule is CC(C)(COCc1ccccc1)C(=O)N1CCC(C(=O)O)(C(F)(F)F)C1. The number of benzene rings is 1. The van der Waals surface area contributed by atoms with E-state index < -0.39 is 41.8 Å². The van der Waals surface area contributed by atoms with Crippen molar-refractivity contribution in [2.24, 2.45) is 10.8 Å². The van der Waals surface area contributed by atoms with Crippen molar-refractivity contribution < 1.29 is 32.6 Å². The fourth-order valence-corrected chi connectivity index (χ4v) is 3.00. The third-order valence-electron chi connectivity index (χ3n) is 4.66. The number of rotatable bonds is 6. The van der Waals surface area contributed by atoms with Gasteiger partial charge in [-0.2, -0.15) is 13.2 Å². The highest BCUT2D eigenvalue weighted by atomic mass is 19.4. The van der Waals surface area contributed by atoms with E-state index in [0.717, 1.165) is 10.5 Å². The molecule has 0 saturated carbocycles. The van der Waals surface area contributed by atoms with Crippen molar-refractivity contribution in [2.45, 2.75) is 33.1 Å². The summed E-state index contributed by atoms with van der Waals surface area (Å²) in [5.41, 5.74) is -3.04. The van der Waals surface area contributed by atoms with Crippen LogP contribution in [0.5, 0.6) is 0 Å². The number of aliphatic carboxylic acids is 1. The van der Waals surface area contributed by atoms with Crippen molar-refractivity contribution in [3.63, 3.8) is 0 Å². The molecule has 1 fully saturated rings. The first-order valence-electron chi connectivity index (χ1n) is 8.21. The lowest BCUT2D eigenvalue weighted by molar-refractivity contribution is -0.227. The maximum atomic E-state index is 13.2. The Morgan fingerprint density at radius 3 is 2.35 bits per heavy atom. The van der Waals surface area contributed by atoms with E-state index in [4.69, 9.17) is 9.84 Å². The van der Waals surface area contributed by atoms with E-state index in [1.807, 2.05) is 30.3 Å². The number of carboxylic acid groups (broad SMARTS) is 1. The zero-order chi connectivity index (χ0) is 19.6. The predicted molar refractivity (Wildman–Crippen MR) is 87.2 cm³/mol. The molecule has 1 saturated heterocycles. The average molecular weight is 373 g/mol. The van der Waals surface area contributed by atoms with Gasteiger partial charge >= 0.3 is 12.1 Å². The quantitative estimate of drug-likeness (QED) is 0.832. The summed E-state index contributed by atoms with van der Waals surface area (Å²) < 4.78 is 45.3. The molecule has 1 aliphatic heterocycles. The van der Waals surface area contributed by atoms with E-state index in [0.29, 0.717) is 0 Å². The minimum atomic E-state index is -4.91. The van der Waals surface area contributed by atoms with E-state index >= 15 is 0 Å². The number of hydrogen-bond acceptors (Lipinski definition) is 3. The van der Waals surface area contributed by atoms with Gasteiger partial charge in [-0.25, -0.2) is 0 Å². The third kappa shape index (κ3) is 4.00. The lowest BCUT2D eigenvalue weighted by Crippen LogP contribution is -2.49. The highest BCUT2D eigenvalue weighted by Crippen LogP contribution is 2.46. The molecule has 8 heteroatoms. The highest BCUT2D eigenvalue weighted by molar-refractivity contribution is 5.84. The minimum absolute atomic E-state index is 0.0172. The number of halogens is 3. The molecule has 5 nitrogen and oxygen atoms in total. The Bertz CT molecular complexity index is 660. The number of carboxylic acids is 1. The second-order valence-corrected chi connectivity index (χ2v) is 7.22. The molecule has 1 heterocycles. The summed E-state index contributed by atoms with van der Waals surface area (Å²) in [6, 6.07) is 9.28. The lowest BCUT2D eigenvalue weighted by Gasteiger charge is -2.31. The predicted octanol–water partition coefficient (Wildman–Crippen LogP) is 3.10. The van der Waals surface area contributed by atoms with Gasteiger partial charge in [0.05, 0.1) is 18.6 Å². The summed E-state index contributed by atoms with van der Waals surface area (Å²) >= 11 is 0. The van der Waals surface area contributed by atoms with E-state index in [2.05, 4.69) is 0 Å². The minimum Gasteiger partial charge on any atom is -0.481 e. The number of ether oxygens (including phenoxy) is 1. The first-order valence-corrected chi connectivity index (χ1v) is 8.21. The van der Waals surface area contributed by atoms with Gasteiger partial charge in [0, 0.05) is 13.1 Å². The zero-order valence-corrected chi connectivity index (χ0v) is 14.7. The molecule has 0 radical (unpaired) electrons. The summed E-state index contributed by atoms with van der Waals surface area (Å²) in [5.74, 6) is -2.49. The fourth-order valence-electron chi connectivity index (χ4n) is 3.00. The molecule has 1 N–H and O–H groups in total. The molecule has 1 atom stereocenters. The molecule has 0 spiro atoms. The van der Waals surface area contributed by atoms with Crippen molar-refractivity contribution in [3.8, 4) is 0 Å². The van der Waals surface area contributed by atoms with E-state index in [1.165, 1.54) is 0 Å². The maximum Gasteiger partial charge on any atom is 0.406 e. The van der Waals surface area contributed by atoms with Gasteiger partial charge in [-0.05, 0) is 25.8 Å². The summed E-state index contributed by atoms with van der Waals surface area (Å²) in [6.07, 6.45) is -5.56. The first-order chi connectivity index (χ1) is 12.0. The number of alkyl halides is 3. The molecule has 0 bridgehead atoms. The molecule has 1 unspecified atom stereocenters. The van der Waals surface area contributed by atoms with Gasteiger partial charge in [0.1, 0.15) is 0 Å². The van der Waals surface area contributed by atoms with Crippen molar-refractivity contribution in [1.29, 1.82) is 0 Å². The maximum absolute atomic E-state index is 13.2. The van der Waals surface area contributed by atoms with Gasteiger partial charge in [0.25, 0.3) is 0 Å². The largest absolute Gasteiger partial charge is 0.481 e. The summed E-state index contributed by atoms with van der Waals surface area (Å²) in [6.45, 7) is 2.34. The van der Waals surface area contributed by atoms with Gasteiger partial charge in [-0.1, -0.05) is 30.3 Å². The number of carbonyl (C=O) groups is 2. The van der Waals surface area contributed by atoms with Crippen LogP contribution in [0.15, 0.2) is 30.3 Å². The monoisotopic (exact) mass is 373 g/mol. The Hall–Kier alpha value is -2.09. The summed E-state index contributed by atoms with van der Waals surface area (Å²) in [7, 11) is 0. The Morgan fingerprint density at radius 2 is 1.85 bits per heavy atom. The molecule has 1 amide bonds. The number of amides is 1. The van der Waals surface area contributed by atoms with Crippen molar-refractivity contribution in [3.05, 3.63) is 35.9 Å². The van der Waals surface area contributed by atoms with Gasteiger partial charge in [-0.15, -0.1) is 0 Å². The number of carbonyl (C=O) groups excluding carboxylic acids is 1. The molecule has 1 aliphatic rings. The van der Waals surface area contributed by atoms with Gasteiger partial charge in [0.15, 0.2) is 5.41 Å². The molecule has 1 aromatic carbocycles. The summed E-state index contributed by atoms with van der Waals surface area (Å²) in [4.78, 5) is 24.8. The van der Waals surface area contributed by atoms with Crippen LogP contribution in [0.1, 0.15) is 25.8 Å². The van der Waals surface area contributed by atoms with Crippen LogP contribution in [0, 0.1) is 10.8 Å². The molecule has 0 aromatic heterocycles. The Kier molecular flexibility index (Phi) is 5.65. The Balaban J connectivity index is 2.00. The van der Waals surface area contributed by atoms with Gasteiger partial charge in [0.2, 0.25) is 5.91 Å². The Morgan fingerprint density at radius 1 is 1.23 bits per heavy atom. The molecular formula is C18H22F3NO4. The van der Waals surface area contributed by atoms with Gasteiger partial charge in [-0.3, -0.25) is 9.59 Å². The number of likely N-dealkylation sites (tertiary alicyclic amines) is 1. The van der Waals surface area contributed by atoms with Crippen LogP contribution in [0.4, 0.5) is 13.2 Å². The summed E-state index contributed by atoms with van der Waals surface area (Å²) in [5, 5.41) is 9.09. The van der Waals surface area contributed by atoms with Crippen LogP contribution in [-0.4, -0.2) is 47.8 Å². The van der Waals surface area contributed by atoms with Gasteiger partial charge < -0.3 is 14.7 Å². The average Bonchev–Trinajstić information content (AvgIpc) is 3.01.